The Morgan fingerprint density at radius 3 is 2.75 bits per heavy atom. The van der Waals surface area contributed by atoms with Gasteiger partial charge in [0.2, 0.25) is 5.91 Å². The maximum absolute atomic E-state index is 11.2. The van der Waals surface area contributed by atoms with Crippen molar-refractivity contribution in [2.45, 2.75) is 0 Å². The Kier molecular flexibility index (Phi) is 4.28. The fraction of sp³-hybridized carbons (Fsp3) is 0.200. The van der Waals surface area contributed by atoms with Crippen LogP contribution in [0, 0.1) is 0 Å². The highest BCUT2D eigenvalue weighted by Gasteiger charge is 2.10. The quantitative estimate of drug-likeness (QED) is 0.776. The van der Waals surface area contributed by atoms with E-state index in [9.17, 15) is 9.59 Å². The lowest BCUT2D eigenvalue weighted by molar-refractivity contribution is -0.114. The average Bonchev–Trinajstić information content (AvgIpc) is 2.30. The first-order valence-electron chi connectivity index (χ1n) is 4.46. The number of rotatable bonds is 3. The Bertz CT molecular complexity index is 421. The van der Waals surface area contributed by atoms with Crippen LogP contribution in [-0.2, 0) is 9.53 Å². The number of benzene rings is 1. The van der Waals surface area contributed by atoms with Gasteiger partial charge in [-0.3, -0.25) is 4.79 Å². The van der Waals surface area contributed by atoms with E-state index in [1.807, 2.05) is 0 Å². The summed E-state index contributed by atoms with van der Waals surface area (Å²) < 4.78 is 4.54. The molecule has 1 amide bonds. The summed E-state index contributed by atoms with van der Waals surface area (Å²) in [5.74, 6) is -0.885. The van der Waals surface area contributed by atoms with Gasteiger partial charge in [-0.25, -0.2) is 4.79 Å². The Balaban J connectivity index is 2.99. The van der Waals surface area contributed by atoms with Crippen LogP contribution in [0.3, 0.4) is 0 Å². The molecule has 0 heterocycles. The average molecular weight is 243 g/mol. The van der Waals surface area contributed by atoms with Crippen molar-refractivity contribution < 1.29 is 14.3 Å². The zero-order valence-corrected chi connectivity index (χ0v) is 9.38. The molecular weight excluding hydrogens is 232 g/mol. The van der Waals surface area contributed by atoms with E-state index in [2.05, 4.69) is 10.1 Å². The minimum atomic E-state index is -0.500. The van der Waals surface area contributed by atoms with Gasteiger partial charge >= 0.3 is 5.97 Å². The first-order valence-corrected chi connectivity index (χ1v) is 4.84. The van der Waals surface area contributed by atoms with Crippen molar-refractivity contribution in [1.29, 1.82) is 0 Å². The summed E-state index contributed by atoms with van der Waals surface area (Å²) in [6.07, 6.45) is 0. The maximum Gasteiger partial charge on any atom is 0.337 e. The smallest absolute Gasteiger partial charge is 0.337 e. The summed E-state index contributed by atoms with van der Waals surface area (Å²) in [5, 5.41) is 2.80. The second-order valence-corrected chi connectivity index (χ2v) is 3.35. The number of nitrogens with one attached hydrogen (secondary N) is 1. The van der Waals surface area contributed by atoms with Crippen molar-refractivity contribution in [3.05, 3.63) is 28.8 Å². The number of halogens is 1. The summed E-state index contributed by atoms with van der Waals surface area (Å²) in [6.45, 7) is -0.154. The summed E-state index contributed by atoms with van der Waals surface area (Å²) in [4.78, 5) is 22.3. The van der Waals surface area contributed by atoms with Gasteiger partial charge in [-0.2, -0.15) is 0 Å². The Hall–Kier alpha value is -1.59. The van der Waals surface area contributed by atoms with E-state index >= 15 is 0 Å². The molecule has 0 saturated heterocycles. The lowest BCUT2D eigenvalue weighted by atomic mass is 10.2. The van der Waals surface area contributed by atoms with Gasteiger partial charge in [0.1, 0.15) is 0 Å². The third kappa shape index (κ3) is 2.95. The summed E-state index contributed by atoms with van der Waals surface area (Å²) >= 11 is 5.84. The molecule has 1 aromatic carbocycles. The van der Waals surface area contributed by atoms with Crippen LogP contribution in [-0.4, -0.2) is 25.5 Å². The zero-order valence-electron chi connectivity index (χ0n) is 8.62. The van der Waals surface area contributed by atoms with Crippen molar-refractivity contribution in [2.75, 3.05) is 19.0 Å². The first kappa shape index (κ1) is 12.5. The highest BCUT2D eigenvalue weighted by molar-refractivity contribution is 6.33. The Labute approximate surface area is 97.5 Å². The van der Waals surface area contributed by atoms with Crippen molar-refractivity contribution in [3.63, 3.8) is 0 Å². The number of ether oxygens (including phenoxy) is 1. The van der Waals surface area contributed by atoms with Crippen LogP contribution in [0.1, 0.15) is 10.4 Å². The van der Waals surface area contributed by atoms with Crippen molar-refractivity contribution >= 4 is 29.2 Å². The van der Waals surface area contributed by atoms with Crippen molar-refractivity contribution in [3.8, 4) is 0 Å². The number of amides is 1. The number of nitrogens with two attached hydrogens (primary N) is 1. The second kappa shape index (κ2) is 5.48. The molecule has 3 N–H and O–H groups in total. The molecule has 0 aliphatic carbocycles. The molecule has 0 radical (unpaired) electrons. The highest BCUT2D eigenvalue weighted by Crippen LogP contribution is 2.23. The third-order valence-electron chi connectivity index (χ3n) is 1.85. The van der Waals surface area contributed by atoms with Crippen LogP contribution in [0.25, 0.3) is 0 Å². The van der Waals surface area contributed by atoms with E-state index in [0.717, 1.165) is 0 Å². The van der Waals surface area contributed by atoms with E-state index in [1.165, 1.54) is 25.3 Å². The molecule has 0 bridgehead atoms. The molecule has 5 nitrogen and oxygen atoms in total. The molecule has 1 aromatic rings. The highest BCUT2D eigenvalue weighted by atomic mass is 35.5. The number of hydrogen-bond donors (Lipinski definition) is 2. The molecule has 1 rings (SSSR count). The Morgan fingerprint density at radius 2 is 2.19 bits per heavy atom. The van der Waals surface area contributed by atoms with Crippen LogP contribution in [0.2, 0.25) is 5.02 Å². The Morgan fingerprint density at radius 1 is 1.50 bits per heavy atom. The predicted octanol–water partition coefficient (Wildman–Crippen LogP) is 1.02. The molecule has 0 aromatic heterocycles. The normalized spacial score (nSPS) is 9.69. The van der Waals surface area contributed by atoms with Gasteiger partial charge in [0.25, 0.3) is 0 Å². The molecule has 6 heteroatoms. The van der Waals surface area contributed by atoms with Crippen LogP contribution in [0.4, 0.5) is 5.69 Å². The summed E-state index contributed by atoms with van der Waals surface area (Å²) in [5.41, 5.74) is 5.79. The number of carbonyl (C=O) groups is 2. The lowest BCUT2D eigenvalue weighted by Crippen LogP contribution is -2.22. The number of esters is 1. The van der Waals surface area contributed by atoms with E-state index in [-0.39, 0.29) is 12.5 Å². The lowest BCUT2D eigenvalue weighted by Gasteiger charge is -2.07. The summed E-state index contributed by atoms with van der Waals surface area (Å²) in [6, 6.07) is 4.44. The molecule has 0 aliphatic heterocycles. The molecule has 0 saturated carbocycles. The first-order chi connectivity index (χ1) is 7.58. The van der Waals surface area contributed by atoms with Gasteiger partial charge in [0, 0.05) is 0 Å². The molecule has 0 spiro atoms. The molecule has 86 valence electrons. The third-order valence-corrected chi connectivity index (χ3v) is 2.18. The molecule has 0 atom stereocenters. The largest absolute Gasteiger partial charge is 0.465 e. The van der Waals surface area contributed by atoms with E-state index in [1.54, 1.807) is 0 Å². The van der Waals surface area contributed by atoms with E-state index in [4.69, 9.17) is 17.3 Å². The minimum absolute atomic E-state index is 0.154. The van der Waals surface area contributed by atoms with Gasteiger partial charge in [-0.05, 0) is 18.2 Å². The topological polar surface area (TPSA) is 81.4 Å². The number of carbonyl (C=O) groups excluding carboxylic acids is 2. The minimum Gasteiger partial charge on any atom is -0.465 e. The van der Waals surface area contributed by atoms with Gasteiger partial charge in [0.15, 0.2) is 0 Å². The van der Waals surface area contributed by atoms with E-state index in [0.29, 0.717) is 16.3 Å². The van der Waals surface area contributed by atoms with Crippen molar-refractivity contribution in [1.82, 2.24) is 0 Å². The second-order valence-electron chi connectivity index (χ2n) is 2.94. The van der Waals surface area contributed by atoms with E-state index < -0.39 is 5.97 Å². The molecule has 0 unspecified atom stereocenters. The predicted molar refractivity (Wildman–Crippen MR) is 60.5 cm³/mol. The van der Waals surface area contributed by atoms with Gasteiger partial charge in [-0.15, -0.1) is 0 Å². The molecule has 16 heavy (non-hydrogen) atoms. The molecular formula is C10H11ClN2O3. The van der Waals surface area contributed by atoms with Crippen LogP contribution in [0.15, 0.2) is 18.2 Å². The molecule has 0 aliphatic rings. The zero-order chi connectivity index (χ0) is 12.1. The molecule has 0 fully saturated rings. The van der Waals surface area contributed by atoms with Gasteiger partial charge in [0.05, 0.1) is 29.9 Å². The van der Waals surface area contributed by atoms with Crippen LogP contribution >= 0.6 is 11.6 Å². The number of anilines is 1. The van der Waals surface area contributed by atoms with Crippen molar-refractivity contribution in [2.24, 2.45) is 5.73 Å². The van der Waals surface area contributed by atoms with Gasteiger partial charge in [-0.1, -0.05) is 11.6 Å². The maximum atomic E-state index is 11.2. The van der Waals surface area contributed by atoms with Crippen LogP contribution in [0.5, 0.6) is 0 Å². The standard InChI is InChI=1S/C10H11ClN2O3/c1-16-10(15)6-2-3-7(11)8(4-6)13-9(14)5-12/h2-4H,5,12H2,1H3,(H,13,14). The SMILES string of the molecule is COC(=O)c1ccc(Cl)c(NC(=O)CN)c1. The monoisotopic (exact) mass is 242 g/mol. The summed E-state index contributed by atoms with van der Waals surface area (Å²) in [7, 11) is 1.27. The van der Waals surface area contributed by atoms with Crippen LogP contribution < -0.4 is 11.1 Å². The fourth-order valence-electron chi connectivity index (χ4n) is 1.07. The number of hydrogen-bond acceptors (Lipinski definition) is 4. The number of methoxy groups -OCH3 is 1. The van der Waals surface area contributed by atoms with Gasteiger partial charge < -0.3 is 15.8 Å². The fourth-order valence-corrected chi connectivity index (χ4v) is 1.23.